The predicted molar refractivity (Wildman–Crippen MR) is 101 cm³/mol. The molecule has 5 nitrogen and oxygen atoms in total. The average Bonchev–Trinajstić information content (AvgIpc) is 2.50. The molecule has 0 aromatic heterocycles. The molecule has 0 saturated heterocycles. The van der Waals surface area contributed by atoms with Crippen molar-refractivity contribution in [3.63, 3.8) is 0 Å². The van der Waals surface area contributed by atoms with Crippen molar-refractivity contribution in [2.24, 2.45) is 11.1 Å². The van der Waals surface area contributed by atoms with Gasteiger partial charge in [-0.05, 0) is 49.4 Å². The summed E-state index contributed by atoms with van der Waals surface area (Å²) in [5, 5.41) is 5.71. The Morgan fingerprint density at radius 2 is 1.79 bits per heavy atom. The van der Waals surface area contributed by atoms with Crippen molar-refractivity contribution in [1.82, 2.24) is 0 Å². The normalized spacial score (nSPS) is 16.0. The second-order valence-corrected chi connectivity index (χ2v) is 6.72. The molecule has 2 rings (SSSR count). The minimum absolute atomic E-state index is 0. The second kappa shape index (κ2) is 9.04. The zero-order valence-electron chi connectivity index (χ0n) is 14.5. The fourth-order valence-electron chi connectivity index (χ4n) is 3.35. The van der Waals surface area contributed by atoms with Crippen LogP contribution in [0.3, 0.4) is 0 Å². The summed E-state index contributed by atoms with van der Waals surface area (Å²) in [6, 6.07) is 5.59. The summed E-state index contributed by atoms with van der Waals surface area (Å²) in [4.78, 5) is 23.8. The SMILES string of the molecule is CC(=O)Nc1ccc(C)cc1NC(=O)CC1(CN)CCCCC1.Cl. The van der Waals surface area contributed by atoms with Gasteiger partial charge in [-0.1, -0.05) is 25.3 Å². The van der Waals surface area contributed by atoms with Crippen LogP contribution in [0.15, 0.2) is 18.2 Å². The Hall–Kier alpha value is -1.59. The molecule has 1 aromatic carbocycles. The Kier molecular flexibility index (Phi) is 7.70. The van der Waals surface area contributed by atoms with Gasteiger partial charge in [0.05, 0.1) is 11.4 Å². The molecule has 1 aliphatic rings. The summed E-state index contributed by atoms with van der Waals surface area (Å²) in [5.41, 5.74) is 8.20. The molecule has 134 valence electrons. The minimum Gasteiger partial charge on any atom is -0.330 e. The first-order chi connectivity index (χ1) is 10.9. The number of halogens is 1. The quantitative estimate of drug-likeness (QED) is 0.755. The van der Waals surface area contributed by atoms with Gasteiger partial charge >= 0.3 is 0 Å². The van der Waals surface area contributed by atoms with E-state index in [1.807, 2.05) is 25.1 Å². The van der Waals surface area contributed by atoms with Crippen molar-refractivity contribution in [3.05, 3.63) is 23.8 Å². The van der Waals surface area contributed by atoms with E-state index in [1.165, 1.54) is 13.3 Å². The highest BCUT2D eigenvalue weighted by atomic mass is 35.5. The first-order valence-corrected chi connectivity index (χ1v) is 8.32. The zero-order valence-corrected chi connectivity index (χ0v) is 15.3. The van der Waals surface area contributed by atoms with Gasteiger partial charge in [0.25, 0.3) is 0 Å². The van der Waals surface area contributed by atoms with E-state index in [-0.39, 0.29) is 29.6 Å². The van der Waals surface area contributed by atoms with Crippen LogP contribution in [0, 0.1) is 12.3 Å². The molecule has 0 atom stereocenters. The van der Waals surface area contributed by atoms with Crippen molar-refractivity contribution in [3.8, 4) is 0 Å². The van der Waals surface area contributed by atoms with Crippen molar-refractivity contribution in [2.75, 3.05) is 17.2 Å². The summed E-state index contributed by atoms with van der Waals surface area (Å²) >= 11 is 0. The molecule has 0 heterocycles. The summed E-state index contributed by atoms with van der Waals surface area (Å²) in [6.45, 7) is 3.96. The topological polar surface area (TPSA) is 84.2 Å². The van der Waals surface area contributed by atoms with Crippen molar-refractivity contribution >= 4 is 35.6 Å². The minimum atomic E-state index is -0.157. The Labute approximate surface area is 150 Å². The van der Waals surface area contributed by atoms with Crippen LogP contribution in [0.25, 0.3) is 0 Å². The summed E-state index contributed by atoms with van der Waals surface area (Å²) < 4.78 is 0. The monoisotopic (exact) mass is 353 g/mol. The molecule has 1 fully saturated rings. The molecule has 6 heteroatoms. The van der Waals surface area contributed by atoms with E-state index < -0.39 is 0 Å². The van der Waals surface area contributed by atoms with Crippen LogP contribution in [0.4, 0.5) is 11.4 Å². The molecular weight excluding hydrogens is 326 g/mol. The van der Waals surface area contributed by atoms with Crippen molar-refractivity contribution in [1.29, 1.82) is 0 Å². The Bertz CT molecular complexity index is 584. The Morgan fingerprint density at radius 1 is 1.12 bits per heavy atom. The van der Waals surface area contributed by atoms with Crippen LogP contribution in [0.2, 0.25) is 0 Å². The fraction of sp³-hybridized carbons (Fsp3) is 0.556. The third-order valence-electron chi connectivity index (χ3n) is 4.64. The van der Waals surface area contributed by atoms with E-state index in [1.54, 1.807) is 0 Å². The van der Waals surface area contributed by atoms with Gasteiger partial charge in [0.15, 0.2) is 0 Å². The molecule has 0 bridgehead atoms. The lowest BCUT2D eigenvalue weighted by Crippen LogP contribution is -2.36. The van der Waals surface area contributed by atoms with Crippen LogP contribution in [-0.2, 0) is 9.59 Å². The number of hydrogen-bond donors (Lipinski definition) is 3. The van der Waals surface area contributed by atoms with Gasteiger partial charge in [-0.25, -0.2) is 0 Å². The molecular formula is C18H28ClN3O2. The number of benzene rings is 1. The van der Waals surface area contributed by atoms with Crippen LogP contribution in [0.5, 0.6) is 0 Å². The van der Waals surface area contributed by atoms with Crippen LogP contribution in [-0.4, -0.2) is 18.4 Å². The summed E-state index contributed by atoms with van der Waals surface area (Å²) in [5.74, 6) is -0.190. The molecule has 1 aromatic rings. The van der Waals surface area contributed by atoms with Crippen LogP contribution in [0.1, 0.15) is 51.0 Å². The Morgan fingerprint density at radius 3 is 2.38 bits per heavy atom. The average molecular weight is 354 g/mol. The number of nitrogens with one attached hydrogen (secondary N) is 2. The van der Waals surface area contributed by atoms with Gasteiger partial charge in [0, 0.05) is 13.3 Å². The zero-order chi connectivity index (χ0) is 16.9. The molecule has 0 aliphatic heterocycles. The number of carbonyl (C=O) groups excluding carboxylic acids is 2. The van der Waals surface area contributed by atoms with Gasteiger partial charge in [-0.3, -0.25) is 9.59 Å². The highest BCUT2D eigenvalue weighted by Gasteiger charge is 2.33. The van der Waals surface area contributed by atoms with Gasteiger partial charge in [-0.2, -0.15) is 0 Å². The smallest absolute Gasteiger partial charge is 0.225 e. The number of amides is 2. The molecule has 0 unspecified atom stereocenters. The molecule has 4 N–H and O–H groups in total. The number of nitrogens with two attached hydrogens (primary N) is 1. The molecule has 1 saturated carbocycles. The van der Waals surface area contributed by atoms with E-state index >= 15 is 0 Å². The number of carbonyl (C=O) groups is 2. The first-order valence-electron chi connectivity index (χ1n) is 8.32. The molecule has 0 spiro atoms. The first kappa shape index (κ1) is 20.5. The van der Waals surface area contributed by atoms with Crippen molar-refractivity contribution in [2.45, 2.75) is 52.4 Å². The lowest BCUT2D eigenvalue weighted by Gasteiger charge is -2.35. The number of aryl methyl sites for hydroxylation is 1. The second-order valence-electron chi connectivity index (χ2n) is 6.72. The van der Waals surface area contributed by atoms with Gasteiger partial charge in [-0.15, -0.1) is 12.4 Å². The lowest BCUT2D eigenvalue weighted by atomic mass is 9.71. The maximum atomic E-state index is 12.5. The standard InChI is InChI=1S/C18H27N3O2.ClH/c1-13-6-7-15(20-14(2)22)16(10-13)21-17(23)11-18(12-19)8-4-3-5-9-18;/h6-7,10H,3-5,8-9,11-12,19H2,1-2H3,(H,20,22)(H,21,23);1H. The highest BCUT2D eigenvalue weighted by Crippen LogP contribution is 2.38. The van der Waals surface area contributed by atoms with Gasteiger partial charge < -0.3 is 16.4 Å². The third kappa shape index (κ3) is 5.49. The van der Waals surface area contributed by atoms with E-state index in [4.69, 9.17) is 5.73 Å². The summed E-state index contributed by atoms with van der Waals surface area (Å²) in [6.07, 6.45) is 6.00. The van der Waals surface area contributed by atoms with Crippen LogP contribution >= 0.6 is 12.4 Å². The van der Waals surface area contributed by atoms with E-state index in [0.29, 0.717) is 24.3 Å². The molecule has 24 heavy (non-hydrogen) atoms. The summed E-state index contributed by atoms with van der Waals surface area (Å²) in [7, 11) is 0. The third-order valence-corrected chi connectivity index (χ3v) is 4.64. The highest BCUT2D eigenvalue weighted by molar-refractivity contribution is 5.99. The fourth-order valence-corrected chi connectivity index (χ4v) is 3.35. The predicted octanol–water partition coefficient (Wildman–Crippen LogP) is 3.61. The molecule has 1 aliphatic carbocycles. The van der Waals surface area contributed by atoms with E-state index in [2.05, 4.69) is 10.6 Å². The maximum absolute atomic E-state index is 12.5. The number of hydrogen-bond acceptors (Lipinski definition) is 3. The molecule has 0 radical (unpaired) electrons. The van der Waals surface area contributed by atoms with Crippen LogP contribution < -0.4 is 16.4 Å². The largest absolute Gasteiger partial charge is 0.330 e. The maximum Gasteiger partial charge on any atom is 0.225 e. The van der Waals surface area contributed by atoms with E-state index in [9.17, 15) is 9.59 Å². The lowest BCUT2D eigenvalue weighted by molar-refractivity contribution is -0.119. The Balaban J connectivity index is 0.00000288. The van der Waals surface area contributed by atoms with Gasteiger partial charge in [0.1, 0.15) is 0 Å². The van der Waals surface area contributed by atoms with E-state index in [0.717, 1.165) is 31.2 Å². The van der Waals surface area contributed by atoms with Gasteiger partial charge in [0.2, 0.25) is 11.8 Å². The number of rotatable bonds is 5. The number of anilines is 2. The molecule has 2 amide bonds. The van der Waals surface area contributed by atoms with Crippen molar-refractivity contribution < 1.29 is 9.59 Å².